The van der Waals surface area contributed by atoms with Crippen LogP contribution < -0.4 is 5.32 Å². The fourth-order valence-corrected chi connectivity index (χ4v) is 1.42. The highest BCUT2D eigenvalue weighted by molar-refractivity contribution is 5.19. The van der Waals surface area contributed by atoms with Gasteiger partial charge in [-0.15, -0.1) is 0 Å². The van der Waals surface area contributed by atoms with Crippen molar-refractivity contribution in [2.45, 2.75) is 47.1 Å². The SMILES string of the molecule is C/C=C(\C=C/CF)CNC(C)CCN(C)CC.CC. The van der Waals surface area contributed by atoms with Crippen molar-refractivity contribution >= 4 is 0 Å². The van der Waals surface area contributed by atoms with E-state index in [1.807, 2.05) is 32.9 Å². The summed E-state index contributed by atoms with van der Waals surface area (Å²) in [5.74, 6) is 0. The highest BCUT2D eigenvalue weighted by atomic mass is 19.1. The number of nitrogens with one attached hydrogen (secondary N) is 1. The average Bonchev–Trinajstić information content (AvgIpc) is 2.46. The summed E-state index contributed by atoms with van der Waals surface area (Å²) >= 11 is 0. The van der Waals surface area contributed by atoms with Crippen LogP contribution in [0.2, 0.25) is 0 Å². The van der Waals surface area contributed by atoms with Crippen LogP contribution in [0.1, 0.15) is 41.0 Å². The molecule has 0 aromatic rings. The monoisotopic (exact) mass is 272 g/mol. The Morgan fingerprint density at radius 3 is 2.47 bits per heavy atom. The standard InChI is InChI=1S/C14H27FN2.C2H6/c1-5-14(8-7-10-15)12-16-13(3)9-11-17(4)6-2;1-2/h5,7-8,13,16H,6,9-12H2,1-4H3;1-2H3/b8-7-,14-5+;. The maximum atomic E-state index is 12.0. The number of alkyl halides is 1. The Kier molecular flexibility index (Phi) is 16.7. The molecular weight excluding hydrogens is 239 g/mol. The Hall–Kier alpha value is -0.670. The quantitative estimate of drug-likeness (QED) is 0.642. The first-order chi connectivity index (χ1) is 9.13. The molecule has 0 bridgehead atoms. The lowest BCUT2D eigenvalue weighted by Crippen LogP contribution is -2.32. The van der Waals surface area contributed by atoms with Crippen LogP contribution in [0.5, 0.6) is 0 Å². The van der Waals surface area contributed by atoms with Crippen LogP contribution in [0, 0.1) is 0 Å². The average molecular weight is 272 g/mol. The van der Waals surface area contributed by atoms with E-state index < -0.39 is 6.67 Å². The van der Waals surface area contributed by atoms with Gasteiger partial charge in [0.25, 0.3) is 0 Å². The molecule has 0 heterocycles. The minimum absolute atomic E-state index is 0.395. The van der Waals surface area contributed by atoms with Gasteiger partial charge in [0.15, 0.2) is 0 Å². The summed E-state index contributed by atoms with van der Waals surface area (Å²) in [4.78, 5) is 2.30. The van der Waals surface area contributed by atoms with Crippen LogP contribution in [0.15, 0.2) is 23.8 Å². The van der Waals surface area contributed by atoms with E-state index in [1.165, 1.54) is 0 Å². The second-order valence-electron chi connectivity index (χ2n) is 4.39. The molecule has 0 spiro atoms. The van der Waals surface area contributed by atoms with Crippen molar-refractivity contribution in [1.82, 2.24) is 10.2 Å². The molecule has 3 heteroatoms. The summed E-state index contributed by atoms with van der Waals surface area (Å²) in [6, 6.07) is 0.484. The summed E-state index contributed by atoms with van der Waals surface area (Å²) in [5, 5.41) is 3.45. The number of nitrogens with zero attached hydrogens (tertiary/aromatic N) is 1. The van der Waals surface area contributed by atoms with E-state index in [0.29, 0.717) is 6.04 Å². The van der Waals surface area contributed by atoms with Gasteiger partial charge in [-0.1, -0.05) is 39.0 Å². The van der Waals surface area contributed by atoms with Crippen molar-refractivity contribution < 1.29 is 4.39 Å². The molecule has 1 unspecified atom stereocenters. The van der Waals surface area contributed by atoms with E-state index in [1.54, 1.807) is 6.08 Å². The third-order valence-electron chi connectivity index (χ3n) is 2.93. The fraction of sp³-hybridized carbons (Fsp3) is 0.750. The normalized spacial score (nSPS) is 13.6. The molecule has 0 radical (unpaired) electrons. The summed E-state index contributed by atoms with van der Waals surface area (Å²) in [5.41, 5.74) is 1.14. The molecule has 1 N–H and O–H groups in total. The zero-order valence-corrected chi connectivity index (χ0v) is 13.7. The number of allylic oxidation sites excluding steroid dienone is 2. The molecule has 0 saturated heterocycles. The molecule has 0 aromatic carbocycles. The molecule has 1 atom stereocenters. The number of hydrogen-bond donors (Lipinski definition) is 1. The van der Waals surface area contributed by atoms with E-state index in [2.05, 4.69) is 31.1 Å². The number of rotatable bonds is 9. The van der Waals surface area contributed by atoms with Crippen molar-refractivity contribution in [3.63, 3.8) is 0 Å². The van der Waals surface area contributed by atoms with Gasteiger partial charge in [-0.2, -0.15) is 0 Å². The van der Waals surface area contributed by atoms with Crippen LogP contribution in [0.4, 0.5) is 4.39 Å². The first-order valence-corrected chi connectivity index (χ1v) is 7.43. The van der Waals surface area contributed by atoms with Crippen molar-refractivity contribution in [3.8, 4) is 0 Å². The molecule has 0 aliphatic carbocycles. The van der Waals surface area contributed by atoms with Gasteiger partial charge in [-0.25, -0.2) is 4.39 Å². The largest absolute Gasteiger partial charge is 0.310 e. The van der Waals surface area contributed by atoms with Crippen LogP contribution >= 0.6 is 0 Å². The second kappa shape index (κ2) is 15.4. The number of hydrogen-bond acceptors (Lipinski definition) is 2. The number of halogens is 1. The van der Waals surface area contributed by atoms with Gasteiger partial charge < -0.3 is 10.2 Å². The summed E-state index contributed by atoms with van der Waals surface area (Å²) in [6.45, 7) is 12.9. The highest BCUT2D eigenvalue weighted by Gasteiger charge is 2.03. The summed E-state index contributed by atoms with van der Waals surface area (Å²) in [7, 11) is 2.13. The molecule has 0 aliphatic rings. The minimum Gasteiger partial charge on any atom is -0.310 e. The molecule has 114 valence electrons. The van der Waals surface area contributed by atoms with Crippen LogP contribution in [-0.4, -0.2) is 44.3 Å². The molecular formula is C16H33FN2. The maximum absolute atomic E-state index is 12.0. The predicted octanol–water partition coefficient (Wildman–Crippen LogP) is 3.80. The Morgan fingerprint density at radius 1 is 1.37 bits per heavy atom. The highest BCUT2D eigenvalue weighted by Crippen LogP contribution is 1.99. The van der Waals surface area contributed by atoms with Crippen molar-refractivity contribution in [3.05, 3.63) is 23.8 Å². The van der Waals surface area contributed by atoms with Crippen molar-refractivity contribution in [2.75, 3.05) is 33.4 Å². The Bertz CT molecular complexity index is 237. The van der Waals surface area contributed by atoms with Crippen molar-refractivity contribution in [1.29, 1.82) is 0 Å². The second-order valence-corrected chi connectivity index (χ2v) is 4.39. The van der Waals surface area contributed by atoms with Crippen LogP contribution in [-0.2, 0) is 0 Å². The topological polar surface area (TPSA) is 15.3 Å². The molecule has 0 rings (SSSR count). The lowest BCUT2D eigenvalue weighted by Gasteiger charge is -2.18. The van der Waals surface area contributed by atoms with Gasteiger partial charge in [0, 0.05) is 12.6 Å². The first kappa shape index (κ1) is 20.6. The smallest absolute Gasteiger partial charge is 0.108 e. The first-order valence-electron chi connectivity index (χ1n) is 7.43. The molecule has 0 fully saturated rings. The van der Waals surface area contributed by atoms with Gasteiger partial charge in [-0.05, 0) is 46.0 Å². The van der Waals surface area contributed by atoms with E-state index in [-0.39, 0.29) is 0 Å². The summed E-state index contributed by atoms with van der Waals surface area (Å²) < 4.78 is 12.0. The third-order valence-corrected chi connectivity index (χ3v) is 2.93. The molecule has 0 aromatic heterocycles. The van der Waals surface area contributed by atoms with Crippen molar-refractivity contribution in [2.24, 2.45) is 0 Å². The molecule has 0 amide bonds. The predicted molar refractivity (Wildman–Crippen MR) is 85.5 cm³/mol. The van der Waals surface area contributed by atoms with Gasteiger partial charge in [0.05, 0.1) is 0 Å². The van der Waals surface area contributed by atoms with E-state index in [9.17, 15) is 4.39 Å². The maximum Gasteiger partial charge on any atom is 0.108 e. The Balaban J connectivity index is 0. The third kappa shape index (κ3) is 13.6. The lowest BCUT2D eigenvalue weighted by molar-refractivity contribution is 0.327. The van der Waals surface area contributed by atoms with E-state index in [4.69, 9.17) is 0 Å². The van der Waals surface area contributed by atoms with E-state index >= 15 is 0 Å². The zero-order chi connectivity index (χ0) is 15.1. The molecule has 0 saturated carbocycles. The fourth-order valence-electron chi connectivity index (χ4n) is 1.42. The Labute approximate surface area is 119 Å². The lowest BCUT2D eigenvalue weighted by atomic mass is 10.2. The Morgan fingerprint density at radius 2 is 2.00 bits per heavy atom. The van der Waals surface area contributed by atoms with Gasteiger partial charge in [0.2, 0.25) is 0 Å². The zero-order valence-electron chi connectivity index (χ0n) is 13.7. The molecule has 19 heavy (non-hydrogen) atoms. The van der Waals surface area contributed by atoms with Gasteiger partial charge in [-0.3, -0.25) is 0 Å². The van der Waals surface area contributed by atoms with Gasteiger partial charge >= 0.3 is 0 Å². The van der Waals surface area contributed by atoms with Crippen LogP contribution in [0.3, 0.4) is 0 Å². The minimum atomic E-state index is -0.395. The molecule has 2 nitrogen and oxygen atoms in total. The van der Waals surface area contributed by atoms with Crippen LogP contribution in [0.25, 0.3) is 0 Å². The van der Waals surface area contributed by atoms with Gasteiger partial charge in [0.1, 0.15) is 6.67 Å². The van der Waals surface area contributed by atoms with E-state index in [0.717, 1.165) is 31.6 Å². The summed E-state index contributed by atoms with van der Waals surface area (Å²) in [6.07, 6.45) is 6.54. The molecule has 0 aliphatic heterocycles.